The van der Waals surface area contributed by atoms with E-state index in [1.54, 1.807) is 11.3 Å². The van der Waals surface area contributed by atoms with Crippen LogP contribution in [-0.2, 0) is 0 Å². The first-order valence-electron chi connectivity index (χ1n) is 1.58. The number of hydrogen-bond donors (Lipinski definition) is 0. The maximum atomic E-state index is 5.47. The van der Waals surface area contributed by atoms with Crippen LogP contribution in [0.5, 0.6) is 0 Å². The van der Waals surface area contributed by atoms with Gasteiger partial charge in [0.1, 0.15) is 0 Å². The van der Waals surface area contributed by atoms with E-state index in [9.17, 15) is 0 Å². The van der Waals surface area contributed by atoms with E-state index in [0.29, 0.717) is 0 Å². The van der Waals surface area contributed by atoms with Crippen LogP contribution in [0.25, 0.3) is 0 Å². The van der Waals surface area contributed by atoms with Crippen molar-refractivity contribution in [2.24, 2.45) is 0 Å². The van der Waals surface area contributed by atoms with Crippen molar-refractivity contribution in [3.8, 4) is 0 Å². The molecule has 1 aromatic heterocycles. The van der Waals surface area contributed by atoms with Gasteiger partial charge in [-0.05, 0) is 17.5 Å². The van der Waals surface area contributed by atoms with Crippen LogP contribution in [0.3, 0.4) is 0 Å². The Labute approximate surface area is 101 Å². The topological polar surface area (TPSA) is 0 Å². The molecule has 0 aliphatic heterocycles. The Balaban J connectivity index is -0.000000120. The fourth-order valence-electron chi connectivity index (χ4n) is 0.259. The molecule has 48 valence electrons. The van der Waals surface area contributed by atoms with Crippen molar-refractivity contribution in [3.05, 3.63) is 21.8 Å². The van der Waals surface area contributed by atoms with Crippen molar-refractivity contribution in [1.29, 1.82) is 0 Å². The molecule has 0 nitrogen and oxygen atoms in total. The summed E-state index contributed by atoms with van der Waals surface area (Å²) in [7, 11) is 0. The van der Waals surface area contributed by atoms with Gasteiger partial charge < -0.3 is 34.0 Å². The van der Waals surface area contributed by atoms with Crippen molar-refractivity contribution >= 4 is 46.0 Å². The van der Waals surface area contributed by atoms with E-state index >= 15 is 0 Å². The van der Waals surface area contributed by atoms with Gasteiger partial charge in [-0.2, -0.15) is 0 Å². The molecular formula is C4H3Br2ClMgS. The predicted molar refractivity (Wildman–Crippen MR) is 35.1 cm³/mol. The Morgan fingerprint density at radius 2 is 1.89 bits per heavy atom. The summed E-state index contributed by atoms with van der Waals surface area (Å²) in [5.41, 5.74) is 0. The zero-order valence-corrected chi connectivity index (χ0v) is 10.6. The molecule has 0 spiro atoms. The van der Waals surface area contributed by atoms with E-state index in [0.717, 1.165) is 4.34 Å². The molecule has 1 heterocycles. The third kappa shape index (κ3) is 7.61. The van der Waals surface area contributed by atoms with Crippen molar-refractivity contribution in [2.45, 2.75) is 0 Å². The minimum atomic E-state index is 0. The summed E-state index contributed by atoms with van der Waals surface area (Å²) >= 11 is 7.02. The molecule has 0 aliphatic rings. The Kier molecular flexibility index (Phi) is 18.3. The van der Waals surface area contributed by atoms with Gasteiger partial charge in [-0.25, -0.2) is 0 Å². The predicted octanol–water partition coefficient (Wildman–Crippen LogP) is -3.97. The van der Waals surface area contributed by atoms with E-state index in [1.807, 2.05) is 17.5 Å². The van der Waals surface area contributed by atoms with Crippen LogP contribution in [0.1, 0.15) is 0 Å². The zero-order chi connectivity index (χ0) is 4.41. The molecule has 0 fully saturated rings. The van der Waals surface area contributed by atoms with Gasteiger partial charge >= 0.3 is 23.1 Å². The molecule has 0 amide bonds. The van der Waals surface area contributed by atoms with E-state index in [2.05, 4.69) is 0 Å². The summed E-state index contributed by atoms with van der Waals surface area (Å²) in [6.45, 7) is 0. The van der Waals surface area contributed by atoms with Crippen molar-refractivity contribution in [3.63, 3.8) is 0 Å². The average molecular weight is 303 g/mol. The van der Waals surface area contributed by atoms with Gasteiger partial charge in [0.05, 0.1) is 4.34 Å². The third-order valence-corrected chi connectivity index (χ3v) is 1.53. The largest absolute Gasteiger partial charge is 2.00 e. The van der Waals surface area contributed by atoms with Crippen molar-refractivity contribution in [1.82, 2.24) is 0 Å². The molecule has 0 N–H and O–H groups in total. The van der Waals surface area contributed by atoms with E-state index in [-0.39, 0.29) is 57.0 Å². The number of hydrogen-bond acceptors (Lipinski definition) is 1. The fourth-order valence-corrected chi connectivity index (χ4v) is 0.930. The summed E-state index contributed by atoms with van der Waals surface area (Å²) in [4.78, 5) is 0. The minimum Gasteiger partial charge on any atom is -1.00 e. The Morgan fingerprint density at radius 1 is 1.33 bits per heavy atom. The van der Waals surface area contributed by atoms with E-state index in [1.165, 1.54) is 0 Å². The molecule has 0 saturated heterocycles. The van der Waals surface area contributed by atoms with E-state index in [4.69, 9.17) is 11.6 Å². The van der Waals surface area contributed by atoms with Crippen LogP contribution in [0.2, 0.25) is 4.34 Å². The summed E-state index contributed by atoms with van der Waals surface area (Å²) in [6, 6.07) is 3.79. The number of halogens is 3. The smallest absolute Gasteiger partial charge is 1.00 e. The third-order valence-electron chi connectivity index (χ3n) is 0.486. The maximum absolute atomic E-state index is 5.47. The second-order valence-electron chi connectivity index (χ2n) is 0.917. The molecule has 0 atom stereocenters. The summed E-state index contributed by atoms with van der Waals surface area (Å²) in [5, 5.41) is 1.95. The quantitative estimate of drug-likeness (QED) is 0.429. The molecule has 0 aromatic carbocycles. The van der Waals surface area contributed by atoms with Crippen LogP contribution in [0, 0.1) is 0 Å². The number of rotatable bonds is 0. The summed E-state index contributed by atoms with van der Waals surface area (Å²) in [6.07, 6.45) is 0. The molecule has 0 radical (unpaired) electrons. The monoisotopic (exact) mass is 300 g/mol. The summed E-state index contributed by atoms with van der Waals surface area (Å²) < 4.78 is 0.856. The van der Waals surface area contributed by atoms with Gasteiger partial charge in [-0.1, -0.05) is 11.6 Å². The molecule has 0 bridgehead atoms. The van der Waals surface area contributed by atoms with Crippen molar-refractivity contribution in [2.75, 3.05) is 0 Å². The normalized spacial score (nSPS) is 5.89. The Morgan fingerprint density at radius 3 is 2.00 bits per heavy atom. The molecular weight excluding hydrogens is 300 g/mol. The van der Waals surface area contributed by atoms with Gasteiger partial charge in [0.2, 0.25) is 0 Å². The Bertz CT molecular complexity index is 122. The molecule has 0 unspecified atom stereocenters. The average Bonchev–Trinajstić information content (AvgIpc) is 1.86. The fraction of sp³-hybridized carbons (Fsp3) is 0. The van der Waals surface area contributed by atoms with Gasteiger partial charge in [0.25, 0.3) is 0 Å². The van der Waals surface area contributed by atoms with Crippen molar-refractivity contribution < 1.29 is 34.0 Å². The second-order valence-corrected chi connectivity index (χ2v) is 2.50. The molecule has 1 aromatic rings. The van der Waals surface area contributed by atoms with Gasteiger partial charge in [0.15, 0.2) is 0 Å². The van der Waals surface area contributed by atoms with E-state index < -0.39 is 0 Å². The molecule has 1 rings (SSSR count). The molecule has 5 heteroatoms. The first kappa shape index (κ1) is 17.0. The van der Waals surface area contributed by atoms with Crippen LogP contribution in [0.15, 0.2) is 17.5 Å². The minimum absolute atomic E-state index is 0. The standard InChI is InChI=1S/C4H3ClS.2BrH.Mg/c5-4-2-1-3-6-4;;;/h1-3H;2*1H;/q;;;+2/p-2. The molecule has 0 aliphatic carbocycles. The SMILES string of the molecule is Clc1cccs1.[Br-].[Br-].[Mg+2]. The van der Waals surface area contributed by atoms with Gasteiger partial charge in [-0.3, -0.25) is 0 Å². The molecule has 9 heavy (non-hydrogen) atoms. The van der Waals surface area contributed by atoms with Crippen LogP contribution in [0.4, 0.5) is 0 Å². The van der Waals surface area contributed by atoms with Crippen LogP contribution >= 0.6 is 22.9 Å². The first-order chi connectivity index (χ1) is 2.89. The van der Waals surface area contributed by atoms with Crippen LogP contribution in [-0.4, -0.2) is 23.1 Å². The van der Waals surface area contributed by atoms with Gasteiger partial charge in [0, 0.05) is 0 Å². The Hall–Kier alpha value is 1.72. The van der Waals surface area contributed by atoms with Crippen LogP contribution < -0.4 is 34.0 Å². The first-order valence-corrected chi connectivity index (χ1v) is 2.84. The maximum Gasteiger partial charge on any atom is 2.00 e. The number of thiophene rings is 1. The summed E-state index contributed by atoms with van der Waals surface area (Å²) in [5.74, 6) is 0. The van der Waals surface area contributed by atoms with Gasteiger partial charge in [-0.15, -0.1) is 11.3 Å². The molecule has 0 saturated carbocycles. The second kappa shape index (κ2) is 9.72. The zero-order valence-electron chi connectivity index (χ0n) is 4.48.